The lowest BCUT2D eigenvalue weighted by molar-refractivity contribution is 0.144. The van der Waals surface area contributed by atoms with Gasteiger partial charge in [-0.25, -0.2) is 14.8 Å². The Balaban J connectivity index is 1.73. The Bertz CT molecular complexity index is 626. The van der Waals surface area contributed by atoms with Crippen molar-refractivity contribution in [2.75, 3.05) is 13.1 Å². The second kappa shape index (κ2) is 4.38. The second-order valence-electron chi connectivity index (χ2n) is 4.47. The molecule has 8 heteroatoms. The summed E-state index contributed by atoms with van der Waals surface area (Å²) < 4.78 is 7.42. The van der Waals surface area contributed by atoms with Crippen LogP contribution in [0.3, 0.4) is 0 Å². The number of imidazole rings is 1. The van der Waals surface area contributed by atoms with E-state index in [1.165, 1.54) is 11.1 Å². The van der Waals surface area contributed by atoms with Gasteiger partial charge in [-0.15, -0.1) is 0 Å². The van der Waals surface area contributed by atoms with Gasteiger partial charge in [-0.3, -0.25) is 0 Å². The van der Waals surface area contributed by atoms with Gasteiger partial charge >= 0.3 is 6.09 Å². The lowest BCUT2D eigenvalue weighted by Crippen LogP contribution is -2.29. The minimum absolute atomic E-state index is 0.174. The van der Waals surface area contributed by atoms with E-state index in [2.05, 4.69) is 15.0 Å². The van der Waals surface area contributed by atoms with E-state index in [0.717, 1.165) is 0 Å². The molecule has 19 heavy (non-hydrogen) atoms. The Morgan fingerprint density at radius 1 is 1.53 bits per heavy atom. The van der Waals surface area contributed by atoms with Crippen LogP contribution in [0.1, 0.15) is 6.42 Å². The molecule has 1 atom stereocenters. The number of nitrogens with zero attached hydrogens (tertiary/aromatic N) is 5. The fourth-order valence-electron chi connectivity index (χ4n) is 2.11. The van der Waals surface area contributed by atoms with Gasteiger partial charge < -0.3 is 19.3 Å². The molecule has 0 spiro atoms. The number of amides is 1. The molecule has 3 heterocycles. The maximum atomic E-state index is 10.8. The molecule has 0 radical (unpaired) electrons. The molecule has 1 aliphatic heterocycles. The largest absolute Gasteiger partial charge is 0.471 e. The van der Waals surface area contributed by atoms with E-state index >= 15 is 0 Å². The van der Waals surface area contributed by atoms with E-state index in [9.17, 15) is 4.79 Å². The van der Waals surface area contributed by atoms with Crippen LogP contribution < -0.4 is 4.74 Å². The first kappa shape index (κ1) is 11.7. The second-order valence-corrected chi connectivity index (χ2v) is 4.47. The molecule has 8 nitrogen and oxygen atoms in total. The standard InChI is InChI=1S/C11H13N5O3/c1-15-6-13-9-10(15)12-4-8(14-9)19-7-2-3-16(5-7)11(17)18/h4,6-7H,2-3,5H2,1H3,(H,17,18)/t7-/m1/s1. The van der Waals surface area contributed by atoms with Crippen molar-refractivity contribution >= 4 is 17.4 Å². The van der Waals surface area contributed by atoms with E-state index in [0.29, 0.717) is 36.7 Å². The number of fused-ring (bicyclic) bond motifs is 1. The van der Waals surface area contributed by atoms with Gasteiger partial charge in [-0.2, -0.15) is 4.98 Å². The zero-order valence-corrected chi connectivity index (χ0v) is 10.4. The Morgan fingerprint density at radius 2 is 2.37 bits per heavy atom. The lowest BCUT2D eigenvalue weighted by Gasteiger charge is -2.13. The number of rotatable bonds is 2. The molecule has 1 amide bonds. The van der Waals surface area contributed by atoms with Crippen LogP contribution in [-0.2, 0) is 7.05 Å². The average molecular weight is 263 g/mol. The quantitative estimate of drug-likeness (QED) is 0.847. The molecule has 0 unspecified atom stereocenters. The Labute approximate surface area is 108 Å². The summed E-state index contributed by atoms with van der Waals surface area (Å²) in [6.45, 7) is 0.844. The predicted molar refractivity (Wildman–Crippen MR) is 64.9 cm³/mol. The minimum Gasteiger partial charge on any atom is -0.471 e. The highest BCUT2D eigenvalue weighted by Crippen LogP contribution is 2.17. The van der Waals surface area contributed by atoms with Gasteiger partial charge in [0.05, 0.1) is 19.1 Å². The van der Waals surface area contributed by atoms with Crippen LogP contribution in [0, 0.1) is 0 Å². The zero-order valence-electron chi connectivity index (χ0n) is 10.4. The number of ether oxygens (including phenoxy) is 1. The summed E-state index contributed by atoms with van der Waals surface area (Å²) in [4.78, 5) is 24.7. The van der Waals surface area contributed by atoms with Crippen LogP contribution in [0.4, 0.5) is 4.79 Å². The van der Waals surface area contributed by atoms with Gasteiger partial charge in [0.2, 0.25) is 11.5 Å². The molecule has 1 N–H and O–H groups in total. The fraction of sp³-hybridized carbons (Fsp3) is 0.455. The van der Waals surface area contributed by atoms with Crippen molar-refractivity contribution in [2.45, 2.75) is 12.5 Å². The molecule has 1 aliphatic rings. The molecule has 0 saturated carbocycles. The third-order valence-corrected chi connectivity index (χ3v) is 3.10. The monoisotopic (exact) mass is 263 g/mol. The van der Waals surface area contributed by atoms with Gasteiger partial charge in [0.15, 0.2) is 5.65 Å². The number of likely N-dealkylation sites (tertiary alicyclic amines) is 1. The van der Waals surface area contributed by atoms with Crippen LogP contribution in [0.15, 0.2) is 12.5 Å². The molecule has 0 aliphatic carbocycles. The number of aromatic nitrogens is 4. The van der Waals surface area contributed by atoms with E-state index in [1.54, 1.807) is 10.9 Å². The van der Waals surface area contributed by atoms with E-state index in [1.807, 2.05) is 7.05 Å². The number of carboxylic acid groups (broad SMARTS) is 1. The highest BCUT2D eigenvalue weighted by atomic mass is 16.5. The van der Waals surface area contributed by atoms with Gasteiger partial charge in [0.1, 0.15) is 6.10 Å². The van der Waals surface area contributed by atoms with Crippen LogP contribution >= 0.6 is 0 Å². The van der Waals surface area contributed by atoms with Gasteiger partial charge in [0, 0.05) is 20.0 Å². The maximum absolute atomic E-state index is 10.8. The normalized spacial score (nSPS) is 19.0. The summed E-state index contributed by atoms with van der Waals surface area (Å²) in [7, 11) is 1.84. The summed E-state index contributed by atoms with van der Waals surface area (Å²) in [6.07, 6.45) is 2.74. The topological polar surface area (TPSA) is 93.4 Å². The van der Waals surface area contributed by atoms with E-state index in [4.69, 9.17) is 9.84 Å². The highest BCUT2D eigenvalue weighted by Gasteiger charge is 2.27. The van der Waals surface area contributed by atoms with Crippen LogP contribution in [0.5, 0.6) is 5.88 Å². The van der Waals surface area contributed by atoms with E-state index < -0.39 is 6.09 Å². The third-order valence-electron chi connectivity index (χ3n) is 3.10. The van der Waals surface area contributed by atoms with Gasteiger partial charge in [-0.05, 0) is 0 Å². The minimum atomic E-state index is -0.919. The molecule has 2 aromatic rings. The number of hydrogen-bond donors (Lipinski definition) is 1. The lowest BCUT2D eigenvalue weighted by atomic mass is 10.3. The number of aryl methyl sites for hydroxylation is 1. The van der Waals surface area contributed by atoms with Crippen molar-refractivity contribution < 1.29 is 14.6 Å². The van der Waals surface area contributed by atoms with Crippen LogP contribution in [-0.4, -0.2) is 54.8 Å². The smallest absolute Gasteiger partial charge is 0.407 e. The molecule has 3 rings (SSSR count). The Kier molecular flexibility index (Phi) is 2.69. The molecule has 2 aromatic heterocycles. The summed E-state index contributed by atoms with van der Waals surface area (Å²) in [5, 5.41) is 8.87. The highest BCUT2D eigenvalue weighted by molar-refractivity contribution is 5.66. The average Bonchev–Trinajstić information content (AvgIpc) is 2.97. The molecular weight excluding hydrogens is 250 g/mol. The Hall–Kier alpha value is -2.38. The molecule has 100 valence electrons. The molecule has 0 bridgehead atoms. The molecular formula is C11H13N5O3. The van der Waals surface area contributed by atoms with E-state index in [-0.39, 0.29) is 6.10 Å². The molecule has 1 fully saturated rings. The fourth-order valence-corrected chi connectivity index (χ4v) is 2.11. The number of carbonyl (C=O) groups is 1. The number of hydrogen-bond acceptors (Lipinski definition) is 5. The summed E-state index contributed by atoms with van der Waals surface area (Å²) in [6, 6.07) is 0. The summed E-state index contributed by atoms with van der Waals surface area (Å²) in [5.74, 6) is 0.378. The van der Waals surface area contributed by atoms with Crippen molar-refractivity contribution in [3.63, 3.8) is 0 Å². The van der Waals surface area contributed by atoms with Crippen molar-refractivity contribution in [1.82, 2.24) is 24.4 Å². The SMILES string of the molecule is Cn1cnc2nc(O[C@@H]3CCN(C(=O)O)C3)cnc21. The summed E-state index contributed by atoms with van der Waals surface area (Å²) in [5.41, 5.74) is 1.21. The van der Waals surface area contributed by atoms with Crippen molar-refractivity contribution in [2.24, 2.45) is 7.05 Å². The van der Waals surface area contributed by atoms with Crippen molar-refractivity contribution in [1.29, 1.82) is 0 Å². The Morgan fingerprint density at radius 3 is 3.11 bits per heavy atom. The first-order chi connectivity index (χ1) is 9.13. The first-order valence-electron chi connectivity index (χ1n) is 5.92. The van der Waals surface area contributed by atoms with Crippen molar-refractivity contribution in [3.8, 4) is 5.88 Å². The zero-order chi connectivity index (χ0) is 13.4. The van der Waals surface area contributed by atoms with Crippen LogP contribution in [0.25, 0.3) is 11.3 Å². The molecule has 1 saturated heterocycles. The van der Waals surface area contributed by atoms with Gasteiger partial charge in [0.25, 0.3) is 0 Å². The molecule has 0 aromatic carbocycles. The van der Waals surface area contributed by atoms with Gasteiger partial charge in [-0.1, -0.05) is 0 Å². The predicted octanol–water partition coefficient (Wildman–Crippen LogP) is 0.494. The first-order valence-corrected chi connectivity index (χ1v) is 5.92. The van der Waals surface area contributed by atoms with Crippen molar-refractivity contribution in [3.05, 3.63) is 12.5 Å². The maximum Gasteiger partial charge on any atom is 0.407 e. The summed E-state index contributed by atoms with van der Waals surface area (Å²) >= 11 is 0. The van der Waals surface area contributed by atoms with Crippen LogP contribution in [0.2, 0.25) is 0 Å². The third kappa shape index (κ3) is 2.16.